The Morgan fingerprint density at radius 2 is 1.80 bits per heavy atom. The third-order valence-corrected chi connectivity index (χ3v) is 7.36. The molecule has 0 aliphatic heterocycles. The van der Waals surface area contributed by atoms with Crippen LogP contribution in [0, 0.1) is 5.82 Å². The molecular formula is C25H33BrFN3O4S. The van der Waals surface area contributed by atoms with Crippen LogP contribution in [0.15, 0.2) is 53.0 Å². The first-order valence-electron chi connectivity index (χ1n) is 11.5. The van der Waals surface area contributed by atoms with Crippen molar-refractivity contribution in [1.82, 2.24) is 10.2 Å². The third-order valence-electron chi connectivity index (χ3n) is 5.68. The molecule has 2 rings (SSSR count). The van der Waals surface area contributed by atoms with Crippen LogP contribution in [0.3, 0.4) is 0 Å². The second-order valence-corrected chi connectivity index (χ2v) is 11.4. The van der Waals surface area contributed by atoms with E-state index in [-0.39, 0.29) is 49.5 Å². The number of hydrogen-bond acceptors (Lipinski definition) is 4. The van der Waals surface area contributed by atoms with E-state index in [2.05, 4.69) is 21.2 Å². The fourth-order valence-electron chi connectivity index (χ4n) is 3.52. The minimum atomic E-state index is -3.76. The van der Waals surface area contributed by atoms with Crippen molar-refractivity contribution in [3.63, 3.8) is 0 Å². The number of hydrogen-bond donors (Lipinski definition) is 1. The van der Waals surface area contributed by atoms with E-state index in [1.807, 2.05) is 38.1 Å². The lowest BCUT2D eigenvalue weighted by atomic mass is 10.1. The Hall–Kier alpha value is -2.46. The van der Waals surface area contributed by atoms with Crippen LogP contribution in [-0.4, -0.2) is 50.0 Å². The van der Waals surface area contributed by atoms with Crippen LogP contribution >= 0.6 is 15.9 Å². The lowest BCUT2D eigenvalue weighted by molar-refractivity contribution is -0.140. The number of sulfonamides is 1. The maximum Gasteiger partial charge on any atom is 0.242 e. The molecule has 10 heteroatoms. The number of carbonyl (C=O) groups excluding carboxylic acids is 2. The Morgan fingerprint density at radius 3 is 2.40 bits per heavy atom. The molecule has 0 aromatic heterocycles. The molecule has 192 valence electrons. The van der Waals surface area contributed by atoms with Gasteiger partial charge in [0.15, 0.2) is 0 Å². The minimum Gasteiger partial charge on any atom is -0.352 e. The van der Waals surface area contributed by atoms with Crippen LogP contribution in [0.5, 0.6) is 0 Å². The van der Waals surface area contributed by atoms with Gasteiger partial charge in [0.1, 0.15) is 11.9 Å². The highest BCUT2D eigenvalue weighted by molar-refractivity contribution is 9.10. The van der Waals surface area contributed by atoms with Gasteiger partial charge in [-0.3, -0.25) is 13.9 Å². The van der Waals surface area contributed by atoms with Crippen molar-refractivity contribution < 1.29 is 22.4 Å². The number of benzene rings is 2. The summed E-state index contributed by atoms with van der Waals surface area (Å²) in [6.45, 7) is 5.69. The average Bonchev–Trinajstić information content (AvgIpc) is 2.79. The maximum absolute atomic E-state index is 14.3. The summed E-state index contributed by atoms with van der Waals surface area (Å²) in [5.41, 5.74) is 0.787. The molecule has 0 saturated heterocycles. The normalized spacial score (nSPS) is 13.1. The maximum atomic E-state index is 14.3. The number of rotatable bonds is 12. The SMILES string of the molecule is CC[C@@H](C)NC(=O)[C@@H](C)N(Cc1cccc(Br)c1)C(=O)CCCN(c1ccccc1F)S(C)(=O)=O. The molecule has 0 saturated carbocycles. The van der Waals surface area contributed by atoms with Crippen molar-refractivity contribution in [1.29, 1.82) is 0 Å². The van der Waals surface area contributed by atoms with Gasteiger partial charge in [-0.25, -0.2) is 12.8 Å². The molecule has 0 radical (unpaired) electrons. The van der Waals surface area contributed by atoms with Gasteiger partial charge in [-0.2, -0.15) is 0 Å². The zero-order valence-electron chi connectivity index (χ0n) is 20.5. The Bertz CT molecular complexity index is 1130. The van der Waals surface area contributed by atoms with Crippen LogP contribution in [0.4, 0.5) is 10.1 Å². The summed E-state index contributed by atoms with van der Waals surface area (Å²) < 4.78 is 40.7. The van der Waals surface area contributed by atoms with Gasteiger partial charge in [-0.1, -0.05) is 47.1 Å². The van der Waals surface area contributed by atoms with E-state index in [4.69, 9.17) is 0 Å². The van der Waals surface area contributed by atoms with Crippen LogP contribution in [-0.2, 0) is 26.2 Å². The molecule has 0 aliphatic carbocycles. The molecule has 2 aromatic rings. The first-order valence-corrected chi connectivity index (χ1v) is 14.1. The zero-order valence-corrected chi connectivity index (χ0v) is 22.9. The van der Waals surface area contributed by atoms with Gasteiger partial charge in [0, 0.05) is 30.0 Å². The summed E-state index contributed by atoms with van der Waals surface area (Å²) in [6, 6.07) is 12.3. The van der Waals surface area contributed by atoms with E-state index in [0.717, 1.165) is 27.0 Å². The topological polar surface area (TPSA) is 86.8 Å². The fourth-order valence-corrected chi connectivity index (χ4v) is 4.93. The summed E-state index contributed by atoms with van der Waals surface area (Å²) >= 11 is 3.43. The van der Waals surface area contributed by atoms with Gasteiger partial charge >= 0.3 is 0 Å². The van der Waals surface area contributed by atoms with Gasteiger partial charge in [0.25, 0.3) is 0 Å². The van der Waals surface area contributed by atoms with Gasteiger partial charge in [0.2, 0.25) is 21.8 Å². The average molecular weight is 571 g/mol. The predicted octanol–water partition coefficient (Wildman–Crippen LogP) is 4.47. The zero-order chi connectivity index (χ0) is 26.2. The molecule has 0 fully saturated rings. The summed E-state index contributed by atoms with van der Waals surface area (Å²) in [5, 5.41) is 2.91. The lowest BCUT2D eigenvalue weighted by Crippen LogP contribution is -2.49. The molecule has 2 atom stereocenters. The fraction of sp³-hybridized carbons (Fsp3) is 0.440. The van der Waals surface area contributed by atoms with Crippen LogP contribution in [0.25, 0.3) is 0 Å². The molecule has 0 unspecified atom stereocenters. The molecule has 1 N–H and O–H groups in total. The van der Waals surface area contributed by atoms with Gasteiger partial charge in [0.05, 0.1) is 11.9 Å². The Balaban J connectivity index is 2.18. The van der Waals surface area contributed by atoms with Crippen molar-refractivity contribution in [2.75, 3.05) is 17.1 Å². The number of halogens is 2. The van der Waals surface area contributed by atoms with Crippen LogP contribution in [0.2, 0.25) is 0 Å². The predicted molar refractivity (Wildman–Crippen MR) is 140 cm³/mol. The standard InChI is InChI=1S/C25H33BrFN3O4S/c1-5-18(2)28-25(32)19(3)29(17-20-10-8-11-21(26)16-20)24(31)14-9-15-30(35(4,33)34)23-13-7-6-12-22(23)27/h6-8,10-13,16,18-19H,5,9,14-15,17H2,1-4H3,(H,28,32)/t18-,19-/m1/s1. The molecule has 0 spiro atoms. The van der Waals surface area contributed by atoms with E-state index in [0.29, 0.717) is 0 Å². The highest BCUT2D eigenvalue weighted by Gasteiger charge is 2.27. The van der Waals surface area contributed by atoms with Crippen LogP contribution in [0.1, 0.15) is 45.6 Å². The van der Waals surface area contributed by atoms with Gasteiger partial charge in [-0.05, 0) is 56.5 Å². The Kier molecular flexibility index (Phi) is 10.7. The summed E-state index contributed by atoms with van der Waals surface area (Å²) in [6.07, 6.45) is 1.92. The highest BCUT2D eigenvalue weighted by atomic mass is 79.9. The molecule has 0 bridgehead atoms. The van der Waals surface area contributed by atoms with Crippen molar-refractivity contribution in [3.8, 4) is 0 Å². The second-order valence-electron chi connectivity index (χ2n) is 8.54. The van der Waals surface area contributed by atoms with Crippen molar-refractivity contribution in [3.05, 3.63) is 64.4 Å². The number of amides is 2. The molecule has 2 amide bonds. The van der Waals surface area contributed by atoms with E-state index in [9.17, 15) is 22.4 Å². The minimum absolute atomic E-state index is 0.00454. The smallest absolute Gasteiger partial charge is 0.242 e. The van der Waals surface area contributed by atoms with E-state index >= 15 is 0 Å². The summed E-state index contributed by atoms with van der Waals surface area (Å²) in [4.78, 5) is 27.6. The number of nitrogens with zero attached hydrogens (tertiary/aromatic N) is 2. The van der Waals surface area contributed by atoms with Gasteiger partial charge < -0.3 is 10.2 Å². The molecule has 7 nitrogen and oxygen atoms in total. The number of nitrogens with one attached hydrogen (secondary N) is 1. The largest absolute Gasteiger partial charge is 0.352 e. The van der Waals surface area contributed by atoms with E-state index < -0.39 is 21.9 Å². The second kappa shape index (κ2) is 13.0. The number of carbonyl (C=O) groups is 2. The Morgan fingerprint density at radius 1 is 1.11 bits per heavy atom. The molecule has 0 heterocycles. The molecule has 35 heavy (non-hydrogen) atoms. The van der Waals surface area contributed by atoms with Gasteiger partial charge in [-0.15, -0.1) is 0 Å². The number of anilines is 1. The van der Waals surface area contributed by atoms with Crippen LogP contribution < -0.4 is 9.62 Å². The van der Waals surface area contributed by atoms with Crippen molar-refractivity contribution in [2.24, 2.45) is 0 Å². The highest BCUT2D eigenvalue weighted by Crippen LogP contribution is 2.22. The van der Waals surface area contributed by atoms with E-state index in [1.165, 1.54) is 23.1 Å². The first-order chi connectivity index (χ1) is 16.4. The lowest BCUT2D eigenvalue weighted by Gasteiger charge is -2.30. The van der Waals surface area contributed by atoms with Crippen molar-refractivity contribution >= 4 is 43.5 Å². The first kappa shape index (κ1) is 28.8. The third kappa shape index (κ3) is 8.61. The number of para-hydroxylation sites is 1. The summed E-state index contributed by atoms with van der Waals surface area (Å²) in [5.74, 6) is -1.21. The monoisotopic (exact) mass is 569 g/mol. The van der Waals surface area contributed by atoms with Crippen molar-refractivity contribution in [2.45, 2.75) is 58.7 Å². The van der Waals surface area contributed by atoms with E-state index in [1.54, 1.807) is 13.0 Å². The molecule has 2 aromatic carbocycles. The Labute approximate surface area is 215 Å². The molecular weight excluding hydrogens is 537 g/mol. The molecule has 0 aliphatic rings. The summed E-state index contributed by atoms with van der Waals surface area (Å²) in [7, 11) is -3.76. The quantitative estimate of drug-likeness (QED) is 0.408.